The quantitative estimate of drug-likeness (QED) is 0.432. The number of carbonyl (C=O) groups excluding carboxylic acids is 1. The van der Waals surface area contributed by atoms with Gasteiger partial charge in [0.2, 0.25) is 5.82 Å². The summed E-state index contributed by atoms with van der Waals surface area (Å²) in [6, 6.07) is 1.58. The molecule has 0 fully saturated rings. The second-order valence-electron chi connectivity index (χ2n) is 2.73. The number of rotatable bonds is 2. The maximum atomic E-state index is 12.0. The number of nitriles is 1. The molecule has 0 aliphatic rings. The molecule has 0 radical (unpaired) electrons. The predicted molar refractivity (Wildman–Crippen MR) is 59.0 cm³/mol. The number of nitrogens with zero attached hydrogens (tertiary/aromatic N) is 1. The zero-order chi connectivity index (χ0) is 14.1. The van der Waals surface area contributed by atoms with Gasteiger partial charge in [-0.1, -0.05) is 6.58 Å². The fourth-order valence-electron chi connectivity index (χ4n) is 0.657. The zero-order valence-corrected chi connectivity index (χ0v) is 9.45. The van der Waals surface area contributed by atoms with Gasteiger partial charge in [0.25, 0.3) is 5.56 Å². The summed E-state index contributed by atoms with van der Waals surface area (Å²) < 4.78 is 16.4. The molecule has 0 bridgehead atoms. The molecule has 18 heavy (non-hydrogen) atoms. The van der Waals surface area contributed by atoms with Crippen LogP contribution in [0.25, 0.3) is 0 Å². The molecule has 7 nitrogen and oxygen atoms in total. The van der Waals surface area contributed by atoms with Crippen molar-refractivity contribution in [1.82, 2.24) is 9.97 Å². The van der Waals surface area contributed by atoms with E-state index < -0.39 is 23.0 Å². The van der Waals surface area contributed by atoms with Crippen molar-refractivity contribution in [2.45, 2.75) is 6.92 Å². The summed E-state index contributed by atoms with van der Waals surface area (Å²) in [7, 11) is 0. The minimum Gasteiger partial charge on any atom is -0.462 e. The Labute approximate surface area is 101 Å². The third-order valence-electron chi connectivity index (χ3n) is 1.43. The van der Waals surface area contributed by atoms with E-state index in [1.165, 1.54) is 0 Å². The van der Waals surface area contributed by atoms with Crippen molar-refractivity contribution in [1.29, 1.82) is 5.26 Å². The first-order valence-corrected chi connectivity index (χ1v) is 4.66. The molecule has 0 unspecified atom stereocenters. The maximum absolute atomic E-state index is 12.0. The lowest BCUT2D eigenvalue weighted by molar-refractivity contribution is -0.137. The molecule has 0 spiro atoms. The molecule has 8 heteroatoms. The molecular formula is C10H10FN3O4. The summed E-state index contributed by atoms with van der Waals surface area (Å²) in [4.78, 5) is 34.4. The van der Waals surface area contributed by atoms with Crippen molar-refractivity contribution in [3.63, 3.8) is 0 Å². The minimum absolute atomic E-state index is 0.156. The Morgan fingerprint density at radius 1 is 1.61 bits per heavy atom. The van der Waals surface area contributed by atoms with Crippen LogP contribution in [-0.4, -0.2) is 22.5 Å². The summed E-state index contributed by atoms with van der Waals surface area (Å²) in [5.41, 5.74) is -1.86. The van der Waals surface area contributed by atoms with Gasteiger partial charge in [-0.2, -0.15) is 9.65 Å². The standard InChI is InChI=1S/C6H7NO2.C4H3FN2O2/c1-3-9-6(8)5(2)4-7;5-2-1-6-4(9)7-3(2)8/h2-3H2,1H3;1H,(H2,6,7,8,9). The topological polar surface area (TPSA) is 116 Å². The van der Waals surface area contributed by atoms with Crippen LogP contribution >= 0.6 is 0 Å². The lowest BCUT2D eigenvalue weighted by Gasteiger charge is -1.95. The van der Waals surface area contributed by atoms with Gasteiger partial charge in [-0.3, -0.25) is 9.78 Å². The summed E-state index contributed by atoms with van der Waals surface area (Å²) in [5.74, 6) is -1.63. The molecule has 0 amide bonds. The van der Waals surface area contributed by atoms with Crippen molar-refractivity contribution in [2.75, 3.05) is 6.61 Å². The monoisotopic (exact) mass is 255 g/mol. The average Bonchev–Trinajstić information content (AvgIpc) is 2.34. The Balaban J connectivity index is 0.000000321. The fraction of sp³-hybridized carbons (Fsp3) is 0.200. The number of hydrogen-bond donors (Lipinski definition) is 2. The van der Waals surface area contributed by atoms with Gasteiger partial charge in [0, 0.05) is 6.20 Å². The summed E-state index contributed by atoms with van der Waals surface area (Å²) in [6.45, 7) is 5.10. The molecular weight excluding hydrogens is 245 g/mol. The van der Waals surface area contributed by atoms with Crippen LogP contribution in [0.15, 0.2) is 27.9 Å². The van der Waals surface area contributed by atoms with E-state index in [0.29, 0.717) is 6.20 Å². The van der Waals surface area contributed by atoms with Gasteiger partial charge in [-0.05, 0) is 6.92 Å². The van der Waals surface area contributed by atoms with Gasteiger partial charge >= 0.3 is 11.7 Å². The summed E-state index contributed by atoms with van der Waals surface area (Å²) in [6.07, 6.45) is 0.709. The number of aromatic nitrogens is 2. The number of aromatic amines is 2. The highest BCUT2D eigenvalue weighted by atomic mass is 19.1. The molecule has 96 valence electrons. The summed E-state index contributed by atoms with van der Waals surface area (Å²) >= 11 is 0. The van der Waals surface area contributed by atoms with Gasteiger partial charge in [-0.15, -0.1) is 0 Å². The molecule has 0 saturated carbocycles. The van der Waals surface area contributed by atoms with E-state index in [0.717, 1.165) is 0 Å². The number of esters is 1. The smallest absolute Gasteiger partial charge is 0.348 e. The van der Waals surface area contributed by atoms with Gasteiger partial charge in [0.15, 0.2) is 0 Å². The van der Waals surface area contributed by atoms with Crippen LogP contribution in [0.2, 0.25) is 0 Å². The van der Waals surface area contributed by atoms with Crippen LogP contribution in [0, 0.1) is 17.1 Å². The van der Waals surface area contributed by atoms with E-state index in [1.54, 1.807) is 18.0 Å². The van der Waals surface area contributed by atoms with Crippen molar-refractivity contribution in [2.24, 2.45) is 0 Å². The largest absolute Gasteiger partial charge is 0.462 e. The first kappa shape index (κ1) is 15.3. The third kappa shape index (κ3) is 5.41. The first-order chi connectivity index (χ1) is 8.42. The van der Waals surface area contributed by atoms with Gasteiger partial charge in [-0.25, -0.2) is 9.59 Å². The molecule has 0 saturated heterocycles. The van der Waals surface area contributed by atoms with Gasteiger partial charge in [0.05, 0.1) is 6.61 Å². The molecule has 1 heterocycles. The van der Waals surface area contributed by atoms with E-state index in [2.05, 4.69) is 11.3 Å². The average molecular weight is 255 g/mol. The van der Waals surface area contributed by atoms with E-state index in [4.69, 9.17) is 5.26 Å². The zero-order valence-electron chi connectivity index (χ0n) is 9.45. The summed E-state index contributed by atoms with van der Waals surface area (Å²) in [5, 5.41) is 8.08. The Hall–Kier alpha value is -2.69. The predicted octanol–water partition coefficient (Wildman–Crippen LogP) is -0.168. The van der Waals surface area contributed by atoms with E-state index in [-0.39, 0.29) is 12.2 Å². The van der Waals surface area contributed by atoms with Crippen molar-refractivity contribution < 1.29 is 13.9 Å². The Morgan fingerprint density at radius 3 is 2.61 bits per heavy atom. The molecule has 0 atom stereocenters. The normalized spacial score (nSPS) is 8.50. The van der Waals surface area contributed by atoms with Crippen molar-refractivity contribution >= 4 is 5.97 Å². The number of carbonyl (C=O) groups is 1. The van der Waals surface area contributed by atoms with Crippen molar-refractivity contribution in [3.8, 4) is 6.07 Å². The molecule has 1 aromatic rings. The molecule has 2 N–H and O–H groups in total. The van der Waals surface area contributed by atoms with E-state index >= 15 is 0 Å². The highest BCUT2D eigenvalue weighted by Crippen LogP contribution is 1.90. The molecule has 1 rings (SSSR count). The minimum atomic E-state index is -1.00. The SMILES string of the molecule is C=C(C#N)C(=O)OCC.O=c1[nH]cc(F)c(=O)[nH]1. The van der Waals surface area contributed by atoms with E-state index in [1.807, 2.05) is 4.98 Å². The second-order valence-corrected chi connectivity index (χ2v) is 2.73. The molecule has 0 aliphatic carbocycles. The van der Waals surface area contributed by atoms with Crippen LogP contribution in [0.5, 0.6) is 0 Å². The number of halogens is 1. The molecule has 1 aromatic heterocycles. The van der Waals surface area contributed by atoms with Crippen molar-refractivity contribution in [3.05, 3.63) is 45.0 Å². The fourth-order valence-corrected chi connectivity index (χ4v) is 0.657. The molecule has 0 aliphatic heterocycles. The lowest BCUT2D eigenvalue weighted by Crippen LogP contribution is -2.23. The third-order valence-corrected chi connectivity index (χ3v) is 1.43. The first-order valence-electron chi connectivity index (χ1n) is 4.66. The Kier molecular flexibility index (Phi) is 6.43. The van der Waals surface area contributed by atoms with Crippen LogP contribution in [-0.2, 0) is 9.53 Å². The Morgan fingerprint density at radius 2 is 2.22 bits per heavy atom. The van der Waals surface area contributed by atoms with Crippen LogP contribution in [0.4, 0.5) is 4.39 Å². The number of nitrogens with one attached hydrogen (secondary N) is 2. The number of ether oxygens (including phenoxy) is 1. The van der Waals surface area contributed by atoms with E-state index in [9.17, 15) is 18.8 Å². The maximum Gasteiger partial charge on any atom is 0.348 e. The highest BCUT2D eigenvalue weighted by molar-refractivity contribution is 5.91. The van der Waals surface area contributed by atoms with Gasteiger partial charge in [0.1, 0.15) is 11.6 Å². The number of H-pyrrole nitrogens is 2. The molecule has 0 aromatic carbocycles. The van der Waals surface area contributed by atoms with Crippen LogP contribution < -0.4 is 11.2 Å². The van der Waals surface area contributed by atoms with Crippen LogP contribution in [0.3, 0.4) is 0 Å². The number of hydrogen-bond acceptors (Lipinski definition) is 5. The van der Waals surface area contributed by atoms with Crippen LogP contribution in [0.1, 0.15) is 6.92 Å². The Bertz CT molecular complexity index is 582. The second kappa shape index (κ2) is 7.56. The lowest BCUT2D eigenvalue weighted by atomic mass is 10.3. The van der Waals surface area contributed by atoms with Gasteiger partial charge < -0.3 is 9.72 Å². The highest BCUT2D eigenvalue weighted by Gasteiger charge is 2.03.